The van der Waals surface area contributed by atoms with Gasteiger partial charge in [-0.3, -0.25) is 4.79 Å². The van der Waals surface area contributed by atoms with Crippen LogP contribution in [0.5, 0.6) is 0 Å². The predicted molar refractivity (Wildman–Crippen MR) is 93.6 cm³/mol. The summed E-state index contributed by atoms with van der Waals surface area (Å²) in [7, 11) is 0. The summed E-state index contributed by atoms with van der Waals surface area (Å²) in [5.41, 5.74) is 1.90. The fourth-order valence-corrected chi connectivity index (χ4v) is 2.75. The van der Waals surface area contributed by atoms with E-state index in [0.29, 0.717) is 11.6 Å². The number of amides is 1. The van der Waals surface area contributed by atoms with Crippen molar-refractivity contribution in [3.63, 3.8) is 0 Å². The maximum Gasteiger partial charge on any atom is 0.239 e. The summed E-state index contributed by atoms with van der Waals surface area (Å²) < 4.78 is 5.28. The third-order valence-corrected chi connectivity index (χ3v) is 4.60. The second-order valence-corrected chi connectivity index (χ2v) is 6.80. The second kappa shape index (κ2) is 8.72. The van der Waals surface area contributed by atoms with Crippen molar-refractivity contribution in [3.05, 3.63) is 41.5 Å². The average Bonchev–Trinajstić information content (AvgIpc) is 3.02. The van der Waals surface area contributed by atoms with Crippen LogP contribution in [0.1, 0.15) is 49.2 Å². The van der Waals surface area contributed by atoms with Crippen molar-refractivity contribution in [2.75, 3.05) is 11.1 Å². The minimum Gasteiger partial charge on any atom is -0.338 e. The zero-order valence-electron chi connectivity index (χ0n) is 13.8. The van der Waals surface area contributed by atoms with E-state index in [1.165, 1.54) is 11.8 Å². The predicted octanol–water partition coefficient (Wildman–Crippen LogP) is 4.15. The lowest BCUT2D eigenvalue weighted by Gasteiger charge is -2.09. The standard InChI is InChI=1S/C17H23N3O2S/c1-4-5-10-15-19-17(22-20-15)13(3)23-11-16(21)18-14-9-7-6-8-12(14)2/h6-9,13H,4-5,10-11H2,1-3H3,(H,18,21)/t13-/m0/s1. The maximum atomic E-state index is 12.0. The molecule has 1 amide bonds. The van der Waals surface area contributed by atoms with E-state index in [4.69, 9.17) is 4.52 Å². The van der Waals surface area contributed by atoms with Crippen LogP contribution in [0.4, 0.5) is 5.69 Å². The second-order valence-electron chi connectivity index (χ2n) is 5.47. The zero-order valence-corrected chi connectivity index (χ0v) is 14.7. The number of carbonyl (C=O) groups excluding carboxylic acids is 1. The third kappa shape index (κ3) is 5.39. The number of unbranched alkanes of at least 4 members (excludes halogenated alkanes) is 1. The zero-order chi connectivity index (χ0) is 16.7. The molecule has 1 heterocycles. The quantitative estimate of drug-likeness (QED) is 0.786. The van der Waals surface area contributed by atoms with Crippen molar-refractivity contribution in [3.8, 4) is 0 Å². The Hall–Kier alpha value is -1.82. The molecule has 1 N–H and O–H groups in total. The Balaban J connectivity index is 1.81. The lowest BCUT2D eigenvalue weighted by atomic mass is 10.2. The van der Waals surface area contributed by atoms with Gasteiger partial charge in [0.05, 0.1) is 11.0 Å². The van der Waals surface area contributed by atoms with Gasteiger partial charge in [-0.05, 0) is 31.9 Å². The van der Waals surface area contributed by atoms with Crippen molar-refractivity contribution in [1.29, 1.82) is 0 Å². The number of carbonyl (C=O) groups is 1. The molecule has 0 aliphatic heterocycles. The van der Waals surface area contributed by atoms with Crippen LogP contribution >= 0.6 is 11.8 Å². The Labute approximate surface area is 141 Å². The van der Waals surface area contributed by atoms with Crippen LogP contribution in [0, 0.1) is 6.92 Å². The van der Waals surface area contributed by atoms with Gasteiger partial charge < -0.3 is 9.84 Å². The van der Waals surface area contributed by atoms with Gasteiger partial charge in [0.1, 0.15) is 0 Å². The van der Waals surface area contributed by atoms with E-state index >= 15 is 0 Å². The number of nitrogens with zero attached hydrogens (tertiary/aromatic N) is 2. The molecule has 2 rings (SSSR count). The van der Waals surface area contributed by atoms with Gasteiger partial charge in [0, 0.05) is 12.1 Å². The summed E-state index contributed by atoms with van der Waals surface area (Å²) >= 11 is 1.49. The van der Waals surface area contributed by atoms with Crippen LogP contribution in [0.2, 0.25) is 0 Å². The van der Waals surface area contributed by atoms with E-state index in [0.717, 1.165) is 36.3 Å². The van der Waals surface area contributed by atoms with Crippen LogP contribution in [0.15, 0.2) is 28.8 Å². The molecule has 0 unspecified atom stereocenters. The summed E-state index contributed by atoms with van der Waals surface area (Å²) in [6, 6.07) is 7.74. The Morgan fingerprint density at radius 3 is 2.91 bits per heavy atom. The first-order valence-electron chi connectivity index (χ1n) is 7.89. The first-order chi connectivity index (χ1) is 11.1. The number of nitrogens with one attached hydrogen (secondary N) is 1. The van der Waals surface area contributed by atoms with Crippen molar-refractivity contribution in [2.24, 2.45) is 0 Å². The van der Waals surface area contributed by atoms with Crippen LogP contribution in [0.3, 0.4) is 0 Å². The van der Waals surface area contributed by atoms with Crippen molar-refractivity contribution in [1.82, 2.24) is 10.1 Å². The average molecular weight is 333 g/mol. The molecular weight excluding hydrogens is 310 g/mol. The Morgan fingerprint density at radius 2 is 2.17 bits per heavy atom. The molecule has 23 heavy (non-hydrogen) atoms. The largest absolute Gasteiger partial charge is 0.338 e. The van der Waals surface area contributed by atoms with Crippen molar-refractivity contribution in [2.45, 2.75) is 45.3 Å². The molecule has 0 radical (unpaired) electrons. The van der Waals surface area contributed by atoms with E-state index in [1.54, 1.807) is 0 Å². The molecule has 6 heteroatoms. The molecule has 5 nitrogen and oxygen atoms in total. The number of rotatable bonds is 8. The van der Waals surface area contributed by atoms with Gasteiger partial charge in [0.25, 0.3) is 0 Å². The molecule has 0 aliphatic rings. The molecule has 0 saturated carbocycles. The monoisotopic (exact) mass is 333 g/mol. The van der Waals surface area contributed by atoms with E-state index in [2.05, 4.69) is 22.4 Å². The Kier molecular flexibility index (Phi) is 6.65. The molecule has 1 aromatic carbocycles. The molecule has 0 aliphatic carbocycles. The van der Waals surface area contributed by atoms with Gasteiger partial charge in [-0.1, -0.05) is 36.7 Å². The Morgan fingerprint density at radius 1 is 1.39 bits per heavy atom. The van der Waals surface area contributed by atoms with Gasteiger partial charge in [-0.25, -0.2) is 0 Å². The lowest BCUT2D eigenvalue weighted by Crippen LogP contribution is -2.15. The van der Waals surface area contributed by atoms with Gasteiger partial charge in [-0.15, -0.1) is 11.8 Å². The fourth-order valence-electron chi connectivity index (χ4n) is 2.04. The number of aryl methyl sites for hydroxylation is 2. The fraction of sp³-hybridized carbons (Fsp3) is 0.471. The highest BCUT2D eigenvalue weighted by Crippen LogP contribution is 2.27. The number of para-hydroxylation sites is 1. The minimum atomic E-state index is -0.0260. The number of hydrogen-bond acceptors (Lipinski definition) is 5. The van der Waals surface area contributed by atoms with E-state index in [1.807, 2.05) is 38.1 Å². The summed E-state index contributed by atoms with van der Waals surface area (Å²) in [6.45, 7) is 6.08. The van der Waals surface area contributed by atoms with Crippen LogP contribution in [-0.4, -0.2) is 21.8 Å². The highest BCUT2D eigenvalue weighted by atomic mass is 32.2. The summed E-state index contributed by atoms with van der Waals surface area (Å²) in [4.78, 5) is 16.4. The van der Waals surface area contributed by atoms with E-state index in [9.17, 15) is 4.79 Å². The minimum absolute atomic E-state index is 0.000460. The molecule has 2 aromatic rings. The molecule has 0 saturated heterocycles. The molecule has 0 bridgehead atoms. The van der Waals surface area contributed by atoms with Gasteiger partial charge in [-0.2, -0.15) is 4.98 Å². The number of anilines is 1. The summed E-state index contributed by atoms with van der Waals surface area (Å²) in [5, 5.41) is 6.91. The van der Waals surface area contributed by atoms with Crippen LogP contribution < -0.4 is 5.32 Å². The first-order valence-corrected chi connectivity index (χ1v) is 8.94. The molecule has 0 fully saturated rings. The normalized spacial score (nSPS) is 12.1. The van der Waals surface area contributed by atoms with Crippen molar-refractivity contribution >= 4 is 23.4 Å². The third-order valence-electron chi connectivity index (χ3n) is 3.47. The highest BCUT2D eigenvalue weighted by molar-refractivity contribution is 8.00. The number of thioether (sulfide) groups is 1. The molecule has 1 atom stereocenters. The van der Waals surface area contributed by atoms with Crippen molar-refractivity contribution < 1.29 is 9.32 Å². The highest BCUT2D eigenvalue weighted by Gasteiger charge is 2.16. The smallest absolute Gasteiger partial charge is 0.239 e. The molecule has 124 valence electrons. The van der Waals surface area contributed by atoms with Crippen LogP contribution in [0.25, 0.3) is 0 Å². The van der Waals surface area contributed by atoms with E-state index < -0.39 is 0 Å². The topological polar surface area (TPSA) is 68.0 Å². The molecule has 0 spiro atoms. The lowest BCUT2D eigenvalue weighted by molar-refractivity contribution is -0.113. The van der Waals surface area contributed by atoms with Gasteiger partial charge in [0.15, 0.2) is 5.82 Å². The maximum absolute atomic E-state index is 12.0. The number of aromatic nitrogens is 2. The summed E-state index contributed by atoms with van der Waals surface area (Å²) in [6.07, 6.45) is 3.00. The first kappa shape index (κ1) is 17.5. The van der Waals surface area contributed by atoms with Gasteiger partial charge >= 0.3 is 0 Å². The summed E-state index contributed by atoms with van der Waals surface area (Å²) in [5.74, 6) is 1.66. The number of benzene rings is 1. The van der Waals surface area contributed by atoms with Crippen LogP contribution in [-0.2, 0) is 11.2 Å². The van der Waals surface area contributed by atoms with Gasteiger partial charge in [0.2, 0.25) is 11.8 Å². The SMILES string of the molecule is CCCCc1noc([C@H](C)SCC(=O)Nc2ccccc2C)n1. The number of hydrogen-bond donors (Lipinski definition) is 1. The Bertz CT molecular complexity index is 642. The molecule has 1 aromatic heterocycles. The molecular formula is C17H23N3O2S. The van der Waals surface area contributed by atoms with E-state index in [-0.39, 0.29) is 11.2 Å².